The number of ether oxygens (including phenoxy) is 1. The zero-order valence-corrected chi connectivity index (χ0v) is 22.8. The third-order valence-electron chi connectivity index (χ3n) is 5.95. The van der Waals surface area contributed by atoms with Crippen LogP contribution in [0.25, 0.3) is 0 Å². The number of nitrogens with zero attached hydrogens (tertiary/aromatic N) is 2. The Bertz CT molecular complexity index is 1320. The number of fused-ring (bicyclic) bond motifs is 1. The highest BCUT2D eigenvalue weighted by Crippen LogP contribution is 2.35. The summed E-state index contributed by atoms with van der Waals surface area (Å²) in [4.78, 5) is 14.9. The van der Waals surface area contributed by atoms with Gasteiger partial charge in [0.1, 0.15) is 6.10 Å². The third kappa shape index (κ3) is 6.30. The number of likely N-dealkylation sites (N-methyl/N-ethyl adjacent to an activating group) is 1. The van der Waals surface area contributed by atoms with Crippen molar-refractivity contribution in [3.8, 4) is 5.75 Å². The number of rotatable bonds is 8. The second-order valence-electron chi connectivity index (χ2n) is 8.92. The van der Waals surface area contributed by atoms with Crippen LogP contribution >= 0.6 is 11.6 Å². The molecule has 0 radical (unpaired) electrons. The lowest BCUT2D eigenvalue weighted by molar-refractivity contribution is 0.0389. The van der Waals surface area contributed by atoms with Crippen molar-refractivity contribution >= 4 is 43.2 Å². The molecule has 0 fully saturated rings. The van der Waals surface area contributed by atoms with Crippen molar-refractivity contribution in [1.82, 2.24) is 9.21 Å². The lowest BCUT2D eigenvalue weighted by atomic mass is 9.99. The van der Waals surface area contributed by atoms with Gasteiger partial charge in [-0.25, -0.2) is 16.8 Å². The molecule has 13 heteroatoms. The van der Waals surface area contributed by atoms with Crippen LogP contribution in [0.2, 0.25) is 5.02 Å². The van der Waals surface area contributed by atoms with Gasteiger partial charge in [0.15, 0.2) is 5.75 Å². The summed E-state index contributed by atoms with van der Waals surface area (Å²) >= 11 is 5.89. The molecule has 0 saturated heterocycles. The first-order chi connectivity index (χ1) is 16.7. The number of carbonyl (C=O) groups excluding carboxylic acids is 1. The Hall–Kier alpha value is -2.38. The fourth-order valence-electron chi connectivity index (χ4n) is 3.88. The van der Waals surface area contributed by atoms with Gasteiger partial charge in [0.2, 0.25) is 20.0 Å². The first-order valence-electron chi connectivity index (χ1n) is 11.2. The molecular weight excluding hydrogens is 530 g/mol. The molecule has 0 bridgehead atoms. The quantitative estimate of drug-likeness (QED) is 0.506. The topological polar surface area (TPSA) is 133 Å². The van der Waals surface area contributed by atoms with E-state index in [2.05, 4.69) is 4.72 Å². The number of aliphatic hydroxyl groups is 1. The van der Waals surface area contributed by atoms with Gasteiger partial charge in [-0.1, -0.05) is 24.6 Å². The molecule has 1 aliphatic rings. The highest BCUT2D eigenvalue weighted by atomic mass is 35.5. The van der Waals surface area contributed by atoms with Crippen molar-refractivity contribution in [2.45, 2.75) is 30.9 Å². The van der Waals surface area contributed by atoms with Crippen molar-refractivity contribution in [3.63, 3.8) is 0 Å². The van der Waals surface area contributed by atoms with E-state index in [0.29, 0.717) is 5.02 Å². The summed E-state index contributed by atoms with van der Waals surface area (Å²) in [5.74, 6) is -0.821. The molecule has 0 aliphatic carbocycles. The lowest BCUT2D eigenvalue weighted by Crippen LogP contribution is -2.50. The number of para-hydroxylation sites is 1. The largest absolute Gasteiger partial charge is 0.486 e. The number of amides is 1. The van der Waals surface area contributed by atoms with E-state index in [1.165, 1.54) is 54.4 Å². The molecule has 0 spiro atoms. The molecule has 3 rings (SSSR count). The minimum Gasteiger partial charge on any atom is -0.486 e. The fraction of sp³-hybridized carbons (Fsp3) is 0.435. The Morgan fingerprint density at radius 2 is 1.83 bits per heavy atom. The SMILES string of the molecule is C[C@@H]1CN([C@H](C)CO)C(=O)c2cccc(NS(C)(=O)=O)c2O[C@H]1CN(C)S(=O)(=O)c1ccc(Cl)cc1. The van der Waals surface area contributed by atoms with Gasteiger partial charge in [-0.3, -0.25) is 9.52 Å². The van der Waals surface area contributed by atoms with Crippen LogP contribution in [-0.4, -0.2) is 82.2 Å². The third-order valence-corrected chi connectivity index (χ3v) is 8.63. The summed E-state index contributed by atoms with van der Waals surface area (Å²) in [5.41, 5.74) is 0.159. The van der Waals surface area contributed by atoms with Crippen molar-refractivity contribution in [1.29, 1.82) is 0 Å². The molecule has 2 aromatic carbocycles. The van der Waals surface area contributed by atoms with Crippen LogP contribution in [0.4, 0.5) is 5.69 Å². The summed E-state index contributed by atoms with van der Waals surface area (Å²) in [6, 6.07) is 9.73. The van der Waals surface area contributed by atoms with Crippen LogP contribution in [0, 0.1) is 5.92 Å². The van der Waals surface area contributed by atoms with Gasteiger partial charge in [-0.2, -0.15) is 4.31 Å². The van der Waals surface area contributed by atoms with E-state index in [4.69, 9.17) is 16.3 Å². The number of halogens is 1. The second kappa shape index (κ2) is 10.9. The van der Waals surface area contributed by atoms with Crippen LogP contribution in [0.5, 0.6) is 5.75 Å². The number of hydrogen-bond acceptors (Lipinski definition) is 7. The highest BCUT2D eigenvalue weighted by Gasteiger charge is 2.36. The summed E-state index contributed by atoms with van der Waals surface area (Å²) in [6.07, 6.45) is 0.212. The predicted molar refractivity (Wildman–Crippen MR) is 137 cm³/mol. The van der Waals surface area contributed by atoms with Crippen molar-refractivity contribution < 1.29 is 31.5 Å². The maximum absolute atomic E-state index is 13.4. The Morgan fingerprint density at radius 3 is 2.42 bits per heavy atom. The number of benzene rings is 2. The first-order valence-corrected chi connectivity index (χ1v) is 14.9. The van der Waals surface area contributed by atoms with Gasteiger partial charge in [0, 0.05) is 24.5 Å². The highest BCUT2D eigenvalue weighted by molar-refractivity contribution is 7.92. The van der Waals surface area contributed by atoms with Crippen LogP contribution in [0.1, 0.15) is 24.2 Å². The Morgan fingerprint density at radius 1 is 1.19 bits per heavy atom. The number of anilines is 1. The van der Waals surface area contributed by atoms with E-state index < -0.39 is 38.1 Å². The van der Waals surface area contributed by atoms with Crippen molar-refractivity contribution in [2.24, 2.45) is 5.92 Å². The molecule has 3 atom stereocenters. The average molecular weight is 560 g/mol. The molecule has 36 heavy (non-hydrogen) atoms. The van der Waals surface area contributed by atoms with E-state index in [-0.39, 0.29) is 47.5 Å². The zero-order valence-electron chi connectivity index (χ0n) is 20.4. The van der Waals surface area contributed by atoms with Gasteiger partial charge in [0.05, 0.1) is 41.6 Å². The molecule has 0 aromatic heterocycles. The minimum atomic E-state index is -3.90. The second-order valence-corrected chi connectivity index (χ2v) is 13.1. The van der Waals surface area contributed by atoms with Crippen LogP contribution in [0.15, 0.2) is 47.4 Å². The van der Waals surface area contributed by atoms with Gasteiger partial charge in [-0.05, 0) is 43.3 Å². The molecule has 198 valence electrons. The maximum atomic E-state index is 13.4. The summed E-state index contributed by atoms with van der Waals surface area (Å²) in [5, 5.41) is 10.2. The monoisotopic (exact) mass is 559 g/mol. The number of hydrogen-bond donors (Lipinski definition) is 2. The molecular formula is C23H30ClN3O7S2. The van der Waals surface area contributed by atoms with Crippen LogP contribution in [-0.2, 0) is 20.0 Å². The number of carbonyl (C=O) groups is 1. The maximum Gasteiger partial charge on any atom is 0.258 e. The van der Waals surface area contributed by atoms with Gasteiger partial charge < -0.3 is 14.7 Å². The van der Waals surface area contributed by atoms with E-state index >= 15 is 0 Å². The van der Waals surface area contributed by atoms with E-state index in [0.717, 1.165) is 10.6 Å². The molecule has 10 nitrogen and oxygen atoms in total. The zero-order chi connectivity index (χ0) is 26.8. The standard InChI is InChI=1S/C23H30ClN3O7S2/c1-15-12-27(16(2)14-28)23(29)19-6-5-7-20(25-35(4,30)31)22(19)34-21(15)13-26(3)36(32,33)18-10-8-17(24)9-11-18/h5-11,15-16,21,25,28H,12-14H2,1-4H3/t15-,16-,21+/m1/s1. The van der Waals surface area contributed by atoms with E-state index in [1.54, 1.807) is 13.8 Å². The lowest BCUT2D eigenvalue weighted by Gasteiger charge is -2.38. The molecule has 1 amide bonds. The molecule has 0 saturated carbocycles. The predicted octanol–water partition coefficient (Wildman–Crippen LogP) is 2.25. The van der Waals surface area contributed by atoms with E-state index in [9.17, 15) is 26.7 Å². The van der Waals surface area contributed by atoms with Crippen LogP contribution < -0.4 is 9.46 Å². The molecule has 1 heterocycles. The molecule has 2 N–H and O–H groups in total. The summed E-state index contributed by atoms with van der Waals surface area (Å²) in [6.45, 7) is 3.30. The van der Waals surface area contributed by atoms with E-state index in [1.807, 2.05) is 0 Å². The summed E-state index contributed by atoms with van der Waals surface area (Å²) in [7, 11) is -6.19. The van der Waals surface area contributed by atoms with Crippen LogP contribution in [0.3, 0.4) is 0 Å². The molecule has 0 unspecified atom stereocenters. The number of aliphatic hydroxyl groups excluding tert-OH is 1. The number of nitrogens with one attached hydrogen (secondary N) is 1. The normalized spacial score (nSPS) is 19.8. The molecule has 1 aliphatic heterocycles. The average Bonchev–Trinajstić information content (AvgIpc) is 2.80. The first kappa shape index (κ1) is 28.2. The number of sulfonamides is 2. The minimum absolute atomic E-state index is 0.00287. The molecule has 2 aromatic rings. The van der Waals surface area contributed by atoms with Gasteiger partial charge in [0.25, 0.3) is 5.91 Å². The fourth-order valence-corrected chi connectivity index (χ4v) is 5.75. The Labute approximate surface area is 216 Å². The Kier molecular flexibility index (Phi) is 8.56. The smallest absolute Gasteiger partial charge is 0.258 e. The van der Waals surface area contributed by atoms with Gasteiger partial charge >= 0.3 is 0 Å². The van der Waals surface area contributed by atoms with Crippen molar-refractivity contribution in [3.05, 3.63) is 53.1 Å². The van der Waals surface area contributed by atoms with Crippen molar-refractivity contribution in [2.75, 3.05) is 37.7 Å². The van der Waals surface area contributed by atoms with Gasteiger partial charge in [-0.15, -0.1) is 0 Å². The Balaban J connectivity index is 2.05. The summed E-state index contributed by atoms with van der Waals surface area (Å²) < 4.78 is 60.1.